The Morgan fingerprint density at radius 1 is 1.00 bits per heavy atom. The van der Waals surface area contributed by atoms with Crippen molar-refractivity contribution in [1.82, 2.24) is 18.7 Å². The van der Waals surface area contributed by atoms with E-state index in [2.05, 4.69) is 11.2 Å². The lowest BCUT2D eigenvalue weighted by molar-refractivity contribution is 0.409. The fraction of sp³-hybridized carbons (Fsp3) is 0.226. The zero-order valence-electron chi connectivity index (χ0n) is 22.6. The molecule has 0 spiro atoms. The lowest BCUT2D eigenvalue weighted by Gasteiger charge is -2.32. The number of fused-ring (bicyclic) bond motifs is 1. The normalized spacial score (nSPS) is 17.9. The highest BCUT2D eigenvalue weighted by atomic mass is 32.2. The molecule has 0 bridgehead atoms. The van der Waals surface area contributed by atoms with Gasteiger partial charge in [0.15, 0.2) is 11.6 Å². The maximum absolute atomic E-state index is 14.6. The molecule has 3 aromatic carbocycles. The largest absolute Gasteiger partial charge is 0.316 e. The van der Waals surface area contributed by atoms with Crippen molar-refractivity contribution in [2.75, 3.05) is 13.1 Å². The second-order valence-electron chi connectivity index (χ2n) is 10.7. The van der Waals surface area contributed by atoms with E-state index in [0.717, 1.165) is 45.4 Å². The Kier molecular flexibility index (Phi) is 6.62. The maximum Gasteiger partial charge on any atom is 0.250 e. The van der Waals surface area contributed by atoms with Gasteiger partial charge in [0.2, 0.25) is 15.6 Å². The first kappa shape index (κ1) is 27.0. The lowest BCUT2D eigenvalue weighted by atomic mass is 9.73. The van der Waals surface area contributed by atoms with Crippen LogP contribution >= 0.6 is 0 Å². The Balaban J connectivity index is 1.45. The molecule has 10 heteroatoms. The molecule has 3 heterocycles. The summed E-state index contributed by atoms with van der Waals surface area (Å²) in [6, 6.07) is 20.4. The number of hydrogen-bond acceptors (Lipinski definition) is 4. The molecule has 1 saturated heterocycles. The second-order valence-corrected chi connectivity index (χ2v) is 12.6. The Bertz CT molecular complexity index is 1950. The van der Waals surface area contributed by atoms with Gasteiger partial charge >= 0.3 is 0 Å². The molecular weight excluding hydrogens is 546 g/mol. The maximum atomic E-state index is 14.6. The van der Waals surface area contributed by atoms with E-state index in [4.69, 9.17) is 0 Å². The zero-order valence-corrected chi connectivity index (χ0v) is 23.4. The first-order valence-corrected chi connectivity index (χ1v) is 14.7. The topological polar surface area (TPSA) is 77.2 Å². The van der Waals surface area contributed by atoms with Crippen LogP contribution in [0.25, 0.3) is 16.6 Å². The van der Waals surface area contributed by atoms with Gasteiger partial charge in [0, 0.05) is 43.2 Å². The number of aromatic nitrogens is 3. The van der Waals surface area contributed by atoms with Crippen molar-refractivity contribution >= 4 is 20.9 Å². The number of pyridine rings is 1. The number of sulfonamides is 1. The first-order valence-electron chi connectivity index (χ1n) is 13.2. The summed E-state index contributed by atoms with van der Waals surface area (Å²) in [7, 11) is -2.60. The Morgan fingerprint density at radius 3 is 2.54 bits per heavy atom. The van der Waals surface area contributed by atoms with Gasteiger partial charge in [-0.15, -0.1) is 0 Å². The van der Waals surface area contributed by atoms with Crippen LogP contribution < -0.4 is 5.56 Å². The van der Waals surface area contributed by atoms with E-state index in [-0.39, 0.29) is 18.6 Å². The van der Waals surface area contributed by atoms with E-state index >= 15 is 0 Å². The van der Waals surface area contributed by atoms with Crippen LogP contribution in [0.15, 0.2) is 94.9 Å². The smallest absolute Gasteiger partial charge is 0.250 e. The number of rotatable bonds is 6. The molecule has 1 atom stereocenters. The van der Waals surface area contributed by atoms with Gasteiger partial charge in [-0.25, -0.2) is 21.9 Å². The molecule has 0 radical (unpaired) electrons. The summed E-state index contributed by atoms with van der Waals surface area (Å²) in [4.78, 5) is 11.3. The highest BCUT2D eigenvalue weighted by molar-refractivity contribution is 7.89. The van der Waals surface area contributed by atoms with Gasteiger partial charge in [-0.2, -0.15) is 9.40 Å². The van der Waals surface area contributed by atoms with Gasteiger partial charge in [0.1, 0.15) is 4.90 Å². The van der Waals surface area contributed by atoms with Crippen LogP contribution in [0.2, 0.25) is 0 Å². The van der Waals surface area contributed by atoms with Crippen molar-refractivity contribution in [2.45, 2.75) is 30.1 Å². The standard InChI is InChI=1S/C31H28F2N4O3S/c1-21-15-27-23(18-34-37(27)24-11-12-29(38)35(2)19-24)16-25(21)31(17-22-7-4-3-5-8-22)13-14-36(20-31)41(39,40)28-10-6-9-26(32)30(28)33/h3-12,15-16,18-19H,13-14,17,20H2,1-2H3. The van der Waals surface area contributed by atoms with Crippen LogP contribution in [0.4, 0.5) is 8.78 Å². The van der Waals surface area contributed by atoms with Gasteiger partial charge in [0.05, 0.1) is 17.4 Å². The number of halogens is 2. The quantitative estimate of drug-likeness (QED) is 0.290. The van der Waals surface area contributed by atoms with E-state index in [1.165, 1.54) is 21.0 Å². The monoisotopic (exact) mass is 574 g/mol. The predicted molar refractivity (Wildman–Crippen MR) is 153 cm³/mol. The molecule has 0 N–H and O–H groups in total. The van der Waals surface area contributed by atoms with Crippen LogP contribution in [0.5, 0.6) is 0 Å². The zero-order chi connectivity index (χ0) is 28.9. The molecule has 41 heavy (non-hydrogen) atoms. The summed E-state index contributed by atoms with van der Waals surface area (Å²) in [6.07, 6.45) is 4.54. The molecule has 1 unspecified atom stereocenters. The molecule has 6 rings (SSSR count). The molecule has 1 aliphatic rings. The van der Waals surface area contributed by atoms with Crippen LogP contribution in [-0.4, -0.2) is 40.2 Å². The van der Waals surface area contributed by atoms with Gasteiger partial charge < -0.3 is 4.57 Å². The fourth-order valence-corrected chi connectivity index (χ4v) is 7.57. The second kappa shape index (κ2) is 10.0. The lowest BCUT2D eigenvalue weighted by Crippen LogP contribution is -2.37. The van der Waals surface area contributed by atoms with Gasteiger partial charge in [-0.3, -0.25) is 4.79 Å². The van der Waals surface area contributed by atoms with E-state index in [1.54, 1.807) is 30.2 Å². The summed E-state index contributed by atoms with van der Waals surface area (Å²) >= 11 is 0. The van der Waals surface area contributed by atoms with Crippen molar-refractivity contribution in [3.63, 3.8) is 0 Å². The third kappa shape index (κ3) is 4.66. The molecule has 0 amide bonds. The SMILES string of the molecule is Cc1cc2c(cnn2-c2ccc(=O)n(C)c2)cc1C1(Cc2ccccc2)CCN(S(=O)(=O)c2cccc(F)c2F)C1. The van der Waals surface area contributed by atoms with Crippen LogP contribution in [0.1, 0.15) is 23.1 Å². The van der Waals surface area contributed by atoms with E-state index in [9.17, 15) is 22.0 Å². The minimum absolute atomic E-state index is 0.113. The summed E-state index contributed by atoms with van der Waals surface area (Å²) < 4.78 is 60.3. The molecule has 210 valence electrons. The third-order valence-electron chi connectivity index (χ3n) is 8.04. The molecule has 1 fully saturated rings. The molecule has 5 aromatic rings. The number of hydrogen-bond donors (Lipinski definition) is 0. The first-order chi connectivity index (χ1) is 19.6. The fourth-order valence-electron chi connectivity index (χ4n) is 5.97. The molecule has 2 aromatic heterocycles. The number of nitrogens with zero attached hydrogens (tertiary/aromatic N) is 4. The van der Waals surface area contributed by atoms with Gasteiger partial charge in [0.25, 0.3) is 0 Å². The molecule has 1 aliphatic heterocycles. The highest BCUT2D eigenvalue weighted by Gasteiger charge is 2.45. The van der Waals surface area contributed by atoms with Gasteiger partial charge in [-0.1, -0.05) is 36.4 Å². The van der Waals surface area contributed by atoms with Crippen LogP contribution in [0, 0.1) is 18.6 Å². The number of benzene rings is 3. The summed E-state index contributed by atoms with van der Waals surface area (Å²) in [5, 5.41) is 5.45. The summed E-state index contributed by atoms with van der Waals surface area (Å²) in [5.41, 5.74) is 3.83. The molecule has 0 saturated carbocycles. The van der Waals surface area contributed by atoms with Crippen LogP contribution in [-0.2, 0) is 28.9 Å². The van der Waals surface area contributed by atoms with Crippen molar-refractivity contribution in [3.8, 4) is 5.69 Å². The third-order valence-corrected chi connectivity index (χ3v) is 9.90. The highest BCUT2D eigenvalue weighted by Crippen LogP contribution is 2.43. The minimum atomic E-state index is -4.28. The number of aryl methyl sites for hydroxylation is 2. The van der Waals surface area contributed by atoms with Crippen molar-refractivity contribution in [3.05, 3.63) is 124 Å². The van der Waals surface area contributed by atoms with E-state index in [0.29, 0.717) is 12.8 Å². The van der Waals surface area contributed by atoms with Crippen LogP contribution in [0.3, 0.4) is 0 Å². The Labute approximate surface area is 236 Å². The molecule has 0 aliphatic carbocycles. The van der Waals surface area contributed by atoms with Gasteiger partial charge in [-0.05, 0) is 66.8 Å². The minimum Gasteiger partial charge on any atom is -0.316 e. The average molecular weight is 575 g/mol. The summed E-state index contributed by atoms with van der Waals surface area (Å²) in [6.45, 7) is 2.27. The molecular formula is C31H28F2N4O3S. The summed E-state index contributed by atoms with van der Waals surface area (Å²) in [5.74, 6) is -2.56. The Hall–Kier alpha value is -4.15. The van der Waals surface area contributed by atoms with Crippen molar-refractivity contribution < 1.29 is 17.2 Å². The predicted octanol–water partition coefficient (Wildman–Crippen LogP) is 4.89. The average Bonchev–Trinajstić information content (AvgIpc) is 3.57. The van der Waals surface area contributed by atoms with E-state index in [1.807, 2.05) is 43.3 Å². The Morgan fingerprint density at radius 2 is 1.78 bits per heavy atom. The molecule has 7 nitrogen and oxygen atoms in total. The van der Waals surface area contributed by atoms with Crippen molar-refractivity contribution in [2.24, 2.45) is 7.05 Å². The van der Waals surface area contributed by atoms with E-state index < -0.39 is 32.0 Å². The van der Waals surface area contributed by atoms with Crippen molar-refractivity contribution in [1.29, 1.82) is 0 Å².